The van der Waals surface area contributed by atoms with Crippen molar-refractivity contribution in [1.82, 2.24) is 5.43 Å². The van der Waals surface area contributed by atoms with Crippen LogP contribution in [0.5, 0.6) is 17.2 Å². The first-order valence-corrected chi connectivity index (χ1v) is 11.3. The van der Waals surface area contributed by atoms with Gasteiger partial charge in [-0.25, -0.2) is 10.2 Å². The lowest BCUT2D eigenvalue weighted by atomic mass is 10.2. The molecule has 0 atom stereocenters. The van der Waals surface area contributed by atoms with E-state index in [9.17, 15) is 9.59 Å². The number of nitrogens with one attached hydrogen (secondary N) is 1. The number of ether oxygens (including phenoxy) is 3. The first kappa shape index (κ1) is 23.3. The number of benzene rings is 3. The van der Waals surface area contributed by atoms with Crippen molar-refractivity contribution in [3.63, 3.8) is 0 Å². The van der Waals surface area contributed by atoms with E-state index in [0.29, 0.717) is 27.0 Å². The molecule has 0 unspecified atom stereocenters. The molecule has 1 amide bonds. The summed E-state index contributed by atoms with van der Waals surface area (Å²) in [6.07, 6.45) is 1.39. The fourth-order valence-corrected chi connectivity index (χ4v) is 4.38. The fourth-order valence-electron chi connectivity index (χ4n) is 3.00. The van der Waals surface area contributed by atoms with Gasteiger partial charge in [-0.15, -0.1) is 11.3 Å². The molecule has 4 aromatic rings. The summed E-state index contributed by atoms with van der Waals surface area (Å²) in [5.41, 5.74) is 2.89. The summed E-state index contributed by atoms with van der Waals surface area (Å²) in [6.45, 7) is -0.218. The average molecular weight is 495 g/mol. The van der Waals surface area contributed by atoms with Crippen LogP contribution in [0.15, 0.2) is 77.9 Å². The molecule has 0 aliphatic rings. The monoisotopic (exact) mass is 494 g/mol. The van der Waals surface area contributed by atoms with Crippen LogP contribution in [-0.4, -0.2) is 31.8 Å². The number of carbonyl (C=O) groups excluding carboxylic acids is 2. The lowest BCUT2D eigenvalue weighted by molar-refractivity contribution is -0.123. The number of rotatable bonds is 8. The zero-order valence-corrected chi connectivity index (χ0v) is 19.6. The van der Waals surface area contributed by atoms with E-state index in [2.05, 4.69) is 10.5 Å². The zero-order valence-electron chi connectivity index (χ0n) is 18.0. The second-order valence-electron chi connectivity index (χ2n) is 6.93. The summed E-state index contributed by atoms with van der Waals surface area (Å²) in [4.78, 5) is 25.1. The van der Waals surface area contributed by atoms with Crippen LogP contribution in [0.1, 0.15) is 15.2 Å². The Labute approximate surface area is 204 Å². The molecule has 4 rings (SSSR count). The highest BCUT2D eigenvalue weighted by Crippen LogP contribution is 2.36. The van der Waals surface area contributed by atoms with Gasteiger partial charge in [0.2, 0.25) is 0 Å². The van der Waals surface area contributed by atoms with Crippen LogP contribution in [0, 0.1) is 0 Å². The second-order valence-corrected chi connectivity index (χ2v) is 8.36. The minimum Gasteiger partial charge on any atom is -0.497 e. The Balaban J connectivity index is 1.37. The molecule has 9 heteroatoms. The van der Waals surface area contributed by atoms with Crippen LogP contribution in [0.25, 0.3) is 10.1 Å². The lowest BCUT2D eigenvalue weighted by Crippen LogP contribution is -2.24. The summed E-state index contributed by atoms with van der Waals surface area (Å²) in [5.74, 6) is 0.489. The average Bonchev–Trinajstić information content (AvgIpc) is 3.21. The molecule has 7 nitrogen and oxygen atoms in total. The number of para-hydroxylation sites is 1. The van der Waals surface area contributed by atoms with Gasteiger partial charge in [0.05, 0.1) is 18.3 Å². The van der Waals surface area contributed by atoms with Crippen molar-refractivity contribution < 1.29 is 23.8 Å². The quantitative estimate of drug-likeness (QED) is 0.155. The SMILES string of the molecule is COc1ccc(OCC(=O)NN=Cc2ccccc2OC(=O)c2sc3ccccc3c2Cl)cc1. The molecular weight excluding hydrogens is 476 g/mol. The molecule has 0 spiro atoms. The predicted molar refractivity (Wildman–Crippen MR) is 132 cm³/mol. The van der Waals surface area contributed by atoms with Gasteiger partial charge in [-0.3, -0.25) is 4.79 Å². The summed E-state index contributed by atoms with van der Waals surface area (Å²) in [5, 5.41) is 5.10. The zero-order chi connectivity index (χ0) is 23.9. The molecule has 0 aliphatic heterocycles. The number of hydrogen-bond acceptors (Lipinski definition) is 7. The number of halogens is 1. The van der Waals surface area contributed by atoms with Crippen molar-refractivity contribution >= 4 is 51.1 Å². The van der Waals surface area contributed by atoms with Gasteiger partial charge in [0.15, 0.2) is 6.61 Å². The summed E-state index contributed by atoms with van der Waals surface area (Å²) < 4.78 is 17.0. The van der Waals surface area contributed by atoms with Gasteiger partial charge < -0.3 is 14.2 Å². The van der Waals surface area contributed by atoms with E-state index in [1.807, 2.05) is 24.3 Å². The largest absolute Gasteiger partial charge is 0.497 e. The Morgan fingerprint density at radius 2 is 1.71 bits per heavy atom. The summed E-state index contributed by atoms with van der Waals surface area (Å²) in [6, 6.07) is 21.2. The normalized spacial score (nSPS) is 10.9. The minimum absolute atomic E-state index is 0.218. The second kappa shape index (κ2) is 10.8. The molecule has 34 heavy (non-hydrogen) atoms. The number of thiophene rings is 1. The van der Waals surface area contributed by atoms with E-state index in [1.54, 1.807) is 55.6 Å². The molecule has 1 aromatic heterocycles. The standard InChI is InChI=1S/C25H19ClN2O5S/c1-31-17-10-12-18(13-11-17)32-15-22(29)28-27-14-16-6-2-4-8-20(16)33-25(30)24-23(26)19-7-3-5-9-21(19)34-24/h2-14H,15H2,1H3,(H,28,29). The van der Waals surface area contributed by atoms with Crippen molar-refractivity contribution in [2.45, 2.75) is 0 Å². The van der Waals surface area contributed by atoms with Gasteiger partial charge in [0.1, 0.15) is 22.1 Å². The smallest absolute Gasteiger partial charge is 0.355 e. The Morgan fingerprint density at radius 1 is 1.00 bits per heavy atom. The van der Waals surface area contributed by atoms with E-state index in [4.69, 9.17) is 25.8 Å². The van der Waals surface area contributed by atoms with Gasteiger partial charge in [0, 0.05) is 15.6 Å². The minimum atomic E-state index is -0.566. The lowest BCUT2D eigenvalue weighted by Gasteiger charge is -2.07. The number of hydrogen-bond donors (Lipinski definition) is 1. The van der Waals surface area contributed by atoms with Crippen LogP contribution < -0.4 is 19.6 Å². The summed E-state index contributed by atoms with van der Waals surface area (Å²) in [7, 11) is 1.57. The number of hydrazone groups is 1. The molecule has 0 aliphatic carbocycles. The fraction of sp³-hybridized carbons (Fsp3) is 0.0800. The van der Waals surface area contributed by atoms with Crippen LogP contribution in [-0.2, 0) is 4.79 Å². The Hall–Kier alpha value is -3.88. The molecular formula is C25H19ClN2O5S. The third-order valence-electron chi connectivity index (χ3n) is 4.66. The van der Waals surface area contributed by atoms with Crippen LogP contribution >= 0.6 is 22.9 Å². The summed E-state index contributed by atoms with van der Waals surface area (Å²) >= 11 is 7.65. The van der Waals surface area contributed by atoms with E-state index >= 15 is 0 Å². The Morgan fingerprint density at radius 3 is 2.47 bits per heavy atom. The highest BCUT2D eigenvalue weighted by atomic mass is 35.5. The maximum absolute atomic E-state index is 12.8. The van der Waals surface area contributed by atoms with Crippen molar-refractivity contribution in [3.05, 3.63) is 88.3 Å². The number of esters is 1. The number of nitrogens with zero attached hydrogens (tertiary/aromatic N) is 1. The van der Waals surface area contributed by atoms with E-state index in [0.717, 1.165) is 10.1 Å². The van der Waals surface area contributed by atoms with Crippen LogP contribution in [0.4, 0.5) is 0 Å². The van der Waals surface area contributed by atoms with Crippen molar-refractivity contribution in [2.24, 2.45) is 5.10 Å². The van der Waals surface area contributed by atoms with Crippen molar-refractivity contribution in [1.29, 1.82) is 0 Å². The third-order valence-corrected chi connectivity index (χ3v) is 6.32. The molecule has 1 heterocycles. The molecule has 1 N–H and O–H groups in total. The van der Waals surface area contributed by atoms with E-state index in [1.165, 1.54) is 17.6 Å². The first-order valence-electron chi connectivity index (χ1n) is 10.1. The molecule has 0 radical (unpaired) electrons. The number of methoxy groups -OCH3 is 1. The van der Waals surface area contributed by atoms with Gasteiger partial charge in [-0.1, -0.05) is 41.9 Å². The number of amides is 1. The molecule has 0 bridgehead atoms. The topological polar surface area (TPSA) is 86.2 Å². The Kier molecular flexibility index (Phi) is 7.41. The maximum atomic E-state index is 12.8. The molecule has 172 valence electrons. The van der Waals surface area contributed by atoms with Gasteiger partial charge in [0.25, 0.3) is 5.91 Å². The van der Waals surface area contributed by atoms with Crippen LogP contribution in [0.2, 0.25) is 5.02 Å². The molecule has 3 aromatic carbocycles. The van der Waals surface area contributed by atoms with E-state index in [-0.39, 0.29) is 12.4 Å². The predicted octanol–water partition coefficient (Wildman–Crippen LogP) is 5.31. The van der Waals surface area contributed by atoms with Gasteiger partial charge in [-0.05, 0) is 42.5 Å². The highest BCUT2D eigenvalue weighted by Gasteiger charge is 2.19. The molecule has 0 saturated heterocycles. The Bertz CT molecular complexity index is 1350. The van der Waals surface area contributed by atoms with Crippen molar-refractivity contribution in [3.8, 4) is 17.2 Å². The number of fused-ring (bicyclic) bond motifs is 1. The van der Waals surface area contributed by atoms with Gasteiger partial charge in [-0.2, -0.15) is 5.10 Å². The third kappa shape index (κ3) is 5.54. The molecule has 0 fully saturated rings. The maximum Gasteiger partial charge on any atom is 0.355 e. The van der Waals surface area contributed by atoms with Gasteiger partial charge >= 0.3 is 5.97 Å². The van der Waals surface area contributed by atoms with Crippen LogP contribution in [0.3, 0.4) is 0 Å². The number of carbonyl (C=O) groups is 2. The first-order chi connectivity index (χ1) is 16.5. The molecule has 0 saturated carbocycles. The highest BCUT2D eigenvalue weighted by molar-refractivity contribution is 7.21. The van der Waals surface area contributed by atoms with E-state index < -0.39 is 11.9 Å². The van der Waals surface area contributed by atoms with Crippen molar-refractivity contribution in [2.75, 3.05) is 13.7 Å².